The quantitative estimate of drug-likeness (QED) is 0.798. The summed E-state index contributed by atoms with van der Waals surface area (Å²) in [6.45, 7) is 4.01. The van der Waals surface area contributed by atoms with Gasteiger partial charge < -0.3 is 4.57 Å². The number of hydrogen-bond donors (Lipinski definition) is 0. The summed E-state index contributed by atoms with van der Waals surface area (Å²) in [6, 6.07) is 2.24. The van der Waals surface area contributed by atoms with Crippen LogP contribution in [0.4, 0.5) is 0 Å². The van der Waals surface area contributed by atoms with Crippen molar-refractivity contribution in [3.05, 3.63) is 45.9 Å². The van der Waals surface area contributed by atoms with Crippen molar-refractivity contribution in [2.45, 2.75) is 39.3 Å². The van der Waals surface area contributed by atoms with Gasteiger partial charge >= 0.3 is 5.69 Å². The molecule has 106 valence electrons. The molecule has 1 fully saturated rings. The molecule has 5 heteroatoms. The summed E-state index contributed by atoms with van der Waals surface area (Å²) in [6.07, 6.45) is 5.63. The Morgan fingerprint density at radius 3 is 2.55 bits per heavy atom. The van der Waals surface area contributed by atoms with E-state index < -0.39 is 0 Å². The molecule has 0 aromatic carbocycles. The first-order chi connectivity index (χ1) is 9.49. The van der Waals surface area contributed by atoms with Crippen LogP contribution in [0.1, 0.15) is 40.6 Å². The second-order valence-corrected chi connectivity index (χ2v) is 5.61. The van der Waals surface area contributed by atoms with Crippen LogP contribution in [0, 0.1) is 13.8 Å². The van der Waals surface area contributed by atoms with E-state index in [0.717, 1.165) is 24.2 Å². The highest BCUT2D eigenvalue weighted by Gasteiger charge is 2.26. The zero-order valence-corrected chi connectivity index (χ0v) is 12.1. The number of carbonyl (C=O) groups is 1. The third-order valence-corrected chi connectivity index (χ3v) is 4.20. The molecule has 2 aromatic heterocycles. The lowest BCUT2D eigenvalue weighted by Crippen LogP contribution is -2.26. The number of Topliss-reactive ketones (excluding diaryl/α,β-unsaturated/α-hetero) is 1. The van der Waals surface area contributed by atoms with Crippen molar-refractivity contribution in [1.82, 2.24) is 13.7 Å². The standard InChI is InChI=1S/C15H19N3O2/c1-10-8-13(11(2)16(10)3)14(19)9-17-6-7-18(15(17)20)12-4-5-12/h6-8,12H,4-5,9H2,1-3H3. The molecule has 3 rings (SSSR count). The van der Waals surface area contributed by atoms with Crippen LogP contribution in [0.15, 0.2) is 23.3 Å². The number of nitrogens with zero attached hydrogens (tertiary/aromatic N) is 3. The van der Waals surface area contributed by atoms with Gasteiger partial charge in [-0.2, -0.15) is 0 Å². The fraction of sp³-hybridized carbons (Fsp3) is 0.467. The topological polar surface area (TPSA) is 48.9 Å². The van der Waals surface area contributed by atoms with Crippen molar-refractivity contribution >= 4 is 5.78 Å². The van der Waals surface area contributed by atoms with E-state index in [4.69, 9.17) is 0 Å². The first kappa shape index (κ1) is 13.0. The maximum absolute atomic E-state index is 12.4. The van der Waals surface area contributed by atoms with Gasteiger partial charge in [-0.15, -0.1) is 0 Å². The van der Waals surface area contributed by atoms with Gasteiger partial charge in [0.15, 0.2) is 5.78 Å². The fourth-order valence-electron chi connectivity index (χ4n) is 2.56. The Hall–Kier alpha value is -2.04. The molecule has 0 bridgehead atoms. The Morgan fingerprint density at radius 1 is 1.30 bits per heavy atom. The van der Waals surface area contributed by atoms with Crippen LogP contribution in [0.3, 0.4) is 0 Å². The van der Waals surface area contributed by atoms with E-state index >= 15 is 0 Å². The van der Waals surface area contributed by atoms with Gasteiger partial charge in [-0.25, -0.2) is 4.79 Å². The summed E-state index contributed by atoms with van der Waals surface area (Å²) in [5.41, 5.74) is 2.62. The predicted molar refractivity (Wildman–Crippen MR) is 76.2 cm³/mol. The SMILES string of the molecule is Cc1cc(C(=O)Cn2ccn(C3CC3)c2=O)c(C)n1C. The Kier molecular flexibility index (Phi) is 2.92. The molecule has 5 nitrogen and oxygen atoms in total. The van der Waals surface area contributed by atoms with Crippen molar-refractivity contribution in [2.75, 3.05) is 0 Å². The second-order valence-electron chi connectivity index (χ2n) is 5.61. The van der Waals surface area contributed by atoms with E-state index in [9.17, 15) is 9.59 Å². The van der Waals surface area contributed by atoms with E-state index in [1.165, 1.54) is 4.57 Å². The fourth-order valence-corrected chi connectivity index (χ4v) is 2.56. The van der Waals surface area contributed by atoms with Crippen LogP contribution in [0.2, 0.25) is 0 Å². The second kappa shape index (κ2) is 4.51. The average Bonchev–Trinajstić information content (AvgIpc) is 3.15. The van der Waals surface area contributed by atoms with Crippen molar-refractivity contribution < 1.29 is 4.79 Å². The summed E-state index contributed by atoms with van der Waals surface area (Å²) >= 11 is 0. The molecular weight excluding hydrogens is 254 g/mol. The number of rotatable bonds is 4. The minimum atomic E-state index is -0.0776. The molecule has 0 aliphatic heterocycles. The van der Waals surface area contributed by atoms with Crippen molar-refractivity contribution in [1.29, 1.82) is 0 Å². The first-order valence-corrected chi connectivity index (χ1v) is 6.92. The van der Waals surface area contributed by atoms with Crippen molar-refractivity contribution in [3.63, 3.8) is 0 Å². The normalized spacial score (nSPS) is 14.8. The molecule has 0 N–H and O–H groups in total. The molecule has 0 saturated heterocycles. The van der Waals surface area contributed by atoms with Crippen LogP contribution in [0.5, 0.6) is 0 Å². The highest BCUT2D eigenvalue weighted by atomic mass is 16.2. The number of hydrogen-bond acceptors (Lipinski definition) is 2. The lowest BCUT2D eigenvalue weighted by molar-refractivity contribution is 0.0970. The van der Waals surface area contributed by atoms with Gasteiger partial charge in [-0.1, -0.05) is 0 Å². The van der Waals surface area contributed by atoms with Crippen LogP contribution in [-0.4, -0.2) is 19.5 Å². The molecule has 0 radical (unpaired) electrons. The first-order valence-electron chi connectivity index (χ1n) is 6.92. The minimum Gasteiger partial charge on any atom is -0.351 e. The lowest BCUT2D eigenvalue weighted by atomic mass is 10.1. The highest BCUT2D eigenvalue weighted by molar-refractivity contribution is 5.97. The minimum absolute atomic E-state index is 0.0122. The third-order valence-electron chi connectivity index (χ3n) is 4.20. The molecule has 0 unspecified atom stereocenters. The number of imidazole rings is 1. The summed E-state index contributed by atoms with van der Waals surface area (Å²) in [4.78, 5) is 24.5. The molecule has 1 saturated carbocycles. The Morgan fingerprint density at radius 2 is 2.00 bits per heavy atom. The van der Waals surface area contributed by atoms with Gasteiger partial charge in [0.2, 0.25) is 0 Å². The Labute approximate surface area is 117 Å². The van der Waals surface area contributed by atoms with E-state index in [1.807, 2.05) is 31.5 Å². The molecule has 2 heterocycles. The number of aromatic nitrogens is 3. The van der Waals surface area contributed by atoms with E-state index in [2.05, 4.69) is 0 Å². The van der Waals surface area contributed by atoms with Gasteiger partial charge in [0.25, 0.3) is 0 Å². The maximum atomic E-state index is 12.4. The van der Waals surface area contributed by atoms with Gasteiger partial charge in [0, 0.05) is 42.4 Å². The molecular formula is C15H19N3O2. The largest absolute Gasteiger partial charge is 0.351 e. The van der Waals surface area contributed by atoms with E-state index in [1.54, 1.807) is 17.0 Å². The number of carbonyl (C=O) groups excluding carboxylic acids is 1. The van der Waals surface area contributed by atoms with Gasteiger partial charge in [0.05, 0.1) is 6.54 Å². The average molecular weight is 273 g/mol. The Bertz CT molecular complexity index is 729. The van der Waals surface area contributed by atoms with Crippen LogP contribution in [0.25, 0.3) is 0 Å². The molecule has 20 heavy (non-hydrogen) atoms. The molecule has 1 aliphatic carbocycles. The molecule has 1 aliphatic rings. The van der Waals surface area contributed by atoms with Crippen molar-refractivity contribution in [3.8, 4) is 0 Å². The predicted octanol–water partition coefficient (Wildman–Crippen LogP) is 1.82. The Balaban J connectivity index is 1.85. The summed E-state index contributed by atoms with van der Waals surface area (Å²) in [7, 11) is 1.94. The zero-order valence-electron chi connectivity index (χ0n) is 12.1. The van der Waals surface area contributed by atoms with Crippen LogP contribution < -0.4 is 5.69 Å². The van der Waals surface area contributed by atoms with Gasteiger partial charge in [-0.05, 0) is 32.8 Å². The van der Waals surface area contributed by atoms with E-state index in [0.29, 0.717) is 11.6 Å². The lowest BCUT2D eigenvalue weighted by Gasteiger charge is -2.03. The smallest absolute Gasteiger partial charge is 0.328 e. The van der Waals surface area contributed by atoms with Crippen molar-refractivity contribution in [2.24, 2.45) is 7.05 Å². The number of aryl methyl sites for hydroxylation is 1. The molecule has 2 aromatic rings. The molecule has 0 atom stereocenters. The van der Waals surface area contributed by atoms with Crippen LogP contribution >= 0.6 is 0 Å². The monoisotopic (exact) mass is 273 g/mol. The van der Waals surface area contributed by atoms with Gasteiger partial charge in [0.1, 0.15) is 0 Å². The maximum Gasteiger partial charge on any atom is 0.328 e. The molecule has 0 amide bonds. The highest BCUT2D eigenvalue weighted by Crippen LogP contribution is 2.33. The summed E-state index contributed by atoms with van der Waals surface area (Å²) in [5, 5.41) is 0. The number of ketones is 1. The summed E-state index contributed by atoms with van der Waals surface area (Å²) < 4.78 is 5.23. The summed E-state index contributed by atoms with van der Waals surface area (Å²) in [5.74, 6) is -0.0122. The third kappa shape index (κ3) is 2.03. The van der Waals surface area contributed by atoms with Gasteiger partial charge in [-0.3, -0.25) is 13.9 Å². The van der Waals surface area contributed by atoms with E-state index in [-0.39, 0.29) is 18.0 Å². The van der Waals surface area contributed by atoms with Crippen LogP contribution in [-0.2, 0) is 13.6 Å². The zero-order chi connectivity index (χ0) is 14.4. The molecule has 0 spiro atoms.